The number of nitrogens with zero attached hydrogens (tertiary/aromatic N) is 2. The minimum absolute atomic E-state index is 0.0428. The van der Waals surface area contributed by atoms with Crippen LogP contribution in [0.2, 0.25) is 5.02 Å². The number of thioether (sulfide) groups is 1. The fourth-order valence-corrected chi connectivity index (χ4v) is 7.08. The largest absolute Gasteiger partial charge is 0.373 e. The number of hydrogen-bond donors (Lipinski definition) is 0. The Kier molecular flexibility index (Phi) is 6.65. The number of para-hydroxylation sites is 1. The number of halogens is 1. The molecule has 0 spiro atoms. The van der Waals surface area contributed by atoms with Gasteiger partial charge in [0.15, 0.2) is 0 Å². The molecule has 31 heavy (non-hydrogen) atoms. The van der Waals surface area contributed by atoms with E-state index in [1.54, 1.807) is 22.7 Å². The van der Waals surface area contributed by atoms with Gasteiger partial charge in [0.25, 0.3) is 5.91 Å². The molecular weight excluding hydrogens is 456 g/mol. The number of rotatable bonds is 3. The number of carbonyl (C=O) groups is 1. The molecule has 2 aliphatic heterocycles. The fraction of sp³-hybridized carbons (Fsp3) is 0.409. The zero-order chi connectivity index (χ0) is 22.2. The lowest BCUT2D eigenvalue weighted by molar-refractivity contribution is -0.0440. The Morgan fingerprint density at radius 1 is 1.13 bits per heavy atom. The Hall–Kier alpha value is -1.58. The molecule has 4 rings (SSSR count). The van der Waals surface area contributed by atoms with Crippen molar-refractivity contribution in [2.45, 2.75) is 42.3 Å². The molecule has 2 heterocycles. The number of sulfonamides is 1. The fourth-order valence-electron chi connectivity index (χ4n) is 3.99. The van der Waals surface area contributed by atoms with Crippen molar-refractivity contribution in [2.24, 2.45) is 0 Å². The van der Waals surface area contributed by atoms with Crippen LogP contribution in [0.15, 0.2) is 52.3 Å². The van der Waals surface area contributed by atoms with E-state index in [0.717, 1.165) is 22.8 Å². The predicted molar refractivity (Wildman–Crippen MR) is 124 cm³/mol. The lowest BCUT2D eigenvalue weighted by Gasteiger charge is -2.34. The molecule has 1 amide bonds. The number of fused-ring (bicyclic) bond motifs is 1. The van der Waals surface area contributed by atoms with Crippen molar-refractivity contribution in [3.8, 4) is 0 Å². The Bertz CT molecular complexity index is 1080. The van der Waals surface area contributed by atoms with E-state index in [1.807, 2.05) is 38.1 Å². The van der Waals surface area contributed by atoms with Crippen molar-refractivity contribution >= 4 is 45.0 Å². The molecular formula is C22H25ClN2O4S2. The molecule has 0 unspecified atom stereocenters. The smallest absolute Gasteiger partial charge is 0.258 e. The SMILES string of the molecule is C[C@@H]1CN(S(=O)(=O)c2cc(C(=O)N3CCCSc4ccccc43)ccc2Cl)C[C@@H](C)O1. The quantitative estimate of drug-likeness (QED) is 0.656. The maximum absolute atomic E-state index is 13.4. The van der Waals surface area contributed by atoms with Gasteiger partial charge in [-0.25, -0.2) is 8.42 Å². The highest BCUT2D eigenvalue weighted by Crippen LogP contribution is 2.35. The van der Waals surface area contributed by atoms with Crippen molar-refractivity contribution < 1.29 is 17.9 Å². The van der Waals surface area contributed by atoms with Gasteiger partial charge in [0, 0.05) is 30.1 Å². The summed E-state index contributed by atoms with van der Waals surface area (Å²) in [6, 6.07) is 12.3. The van der Waals surface area contributed by atoms with Gasteiger partial charge >= 0.3 is 0 Å². The summed E-state index contributed by atoms with van der Waals surface area (Å²) < 4.78 is 33.8. The highest BCUT2D eigenvalue weighted by molar-refractivity contribution is 7.99. The number of amides is 1. The minimum Gasteiger partial charge on any atom is -0.373 e. The standard InChI is InChI=1S/C22H25ClN2O4S2/c1-15-13-24(14-16(2)29-15)31(27,28)21-12-17(8-9-18(21)23)22(26)25-10-5-11-30-20-7-4-3-6-19(20)25/h3-4,6-9,12,15-16H,5,10-11,13-14H2,1-2H3/t15-,16-/m1/s1. The molecule has 0 aromatic heterocycles. The zero-order valence-electron chi connectivity index (χ0n) is 17.5. The maximum Gasteiger partial charge on any atom is 0.258 e. The van der Waals surface area contributed by atoms with Gasteiger partial charge in [0.05, 0.1) is 22.9 Å². The van der Waals surface area contributed by atoms with Crippen LogP contribution in [-0.4, -0.2) is 56.2 Å². The van der Waals surface area contributed by atoms with Crippen LogP contribution in [0, 0.1) is 0 Å². The van der Waals surface area contributed by atoms with Gasteiger partial charge in [-0.2, -0.15) is 4.31 Å². The van der Waals surface area contributed by atoms with E-state index in [1.165, 1.54) is 16.4 Å². The van der Waals surface area contributed by atoms with Gasteiger partial charge in [-0.3, -0.25) is 4.79 Å². The van der Waals surface area contributed by atoms with Gasteiger partial charge in [-0.15, -0.1) is 11.8 Å². The third-order valence-corrected chi connectivity index (χ3v) is 8.83. The van der Waals surface area contributed by atoms with Crippen molar-refractivity contribution in [2.75, 3.05) is 30.3 Å². The van der Waals surface area contributed by atoms with E-state index < -0.39 is 10.0 Å². The topological polar surface area (TPSA) is 66.9 Å². The monoisotopic (exact) mass is 480 g/mol. The number of benzene rings is 2. The number of carbonyl (C=O) groups excluding carboxylic acids is 1. The second-order valence-corrected chi connectivity index (χ2v) is 11.3. The average Bonchev–Trinajstić information content (AvgIpc) is 2.95. The second kappa shape index (κ2) is 9.11. The number of hydrogen-bond acceptors (Lipinski definition) is 5. The molecule has 2 aromatic rings. The van der Waals surface area contributed by atoms with Crippen LogP contribution in [0.1, 0.15) is 30.6 Å². The van der Waals surface area contributed by atoms with E-state index in [4.69, 9.17) is 16.3 Å². The number of anilines is 1. The minimum atomic E-state index is -3.87. The number of morpholine rings is 1. The molecule has 0 radical (unpaired) electrons. The van der Waals surface area contributed by atoms with Crippen LogP contribution in [-0.2, 0) is 14.8 Å². The molecule has 0 saturated carbocycles. The van der Waals surface area contributed by atoms with Gasteiger partial charge in [0.1, 0.15) is 4.90 Å². The Balaban J connectivity index is 1.69. The van der Waals surface area contributed by atoms with Crippen LogP contribution in [0.3, 0.4) is 0 Å². The lowest BCUT2D eigenvalue weighted by atomic mass is 10.1. The molecule has 0 aliphatic carbocycles. The predicted octanol–water partition coefficient (Wildman–Crippen LogP) is 4.28. The normalized spacial score (nSPS) is 22.6. The molecule has 1 fully saturated rings. The molecule has 2 aromatic carbocycles. The van der Waals surface area contributed by atoms with E-state index in [-0.39, 0.29) is 41.1 Å². The molecule has 6 nitrogen and oxygen atoms in total. The molecule has 166 valence electrons. The van der Waals surface area contributed by atoms with Crippen molar-refractivity contribution in [3.63, 3.8) is 0 Å². The molecule has 1 saturated heterocycles. The Morgan fingerprint density at radius 3 is 2.58 bits per heavy atom. The first-order chi connectivity index (χ1) is 14.8. The summed E-state index contributed by atoms with van der Waals surface area (Å²) in [5, 5.41) is 0.107. The summed E-state index contributed by atoms with van der Waals surface area (Å²) in [4.78, 5) is 16.2. The maximum atomic E-state index is 13.4. The van der Waals surface area contributed by atoms with E-state index in [2.05, 4.69) is 0 Å². The highest BCUT2D eigenvalue weighted by atomic mass is 35.5. The van der Waals surface area contributed by atoms with Crippen LogP contribution in [0.5, 0.6) is 0 Å². The van der Waals surface area contributed by atoms with Crippen molar-refractivity contribution in [1.82, 2.24) is 4.31 Å². The van der Waals surface area contributed by atoms with Crippen LogP contribution >= 0.6 is 23.4 Å². The summed E-state index contributed by atoms with van der Waals surface area (Å²) in [6.45, 7) is 4.75. The summed E-state index contributed by atoms with van der Waals surface area (Å²) in [5.41, 5.74) is 1.16. The van der Waals surface area contributed by atoms with Gasteiger partial charge in [-0.1, -0.05) is 23.7 Å². The summed E-state index contributed by atoms with van der Waals surface area (Å²) in [6.07, 6.45) is 0.425. The molecule has 0 bridgehead atoms. The molecule has 2 aliphatic rings. The number of ether oxygens (including phenoxy) is 1. The summed E-state index contributed by atoms with van der Waals surface area (Å²) in [7, 11) is -3.87. The van der Waals surface area contributed by atoms with Gasteiger partial charge < -0.3 is 9.64 Å². The highest BCUT2D eigenvalue weighted by Gasteiger charge is 2.34. The van der Waals surface area contributed by atoms with Crippen molar-refractivity contribution in [3.05, 3.63) is 53.1 Å². The first-order valence-electron chi connectivity index (χ1n) is 10.3. The average molecular weight is 481 g/mol. The van der Waals surface area contributed by atoms with E-state index in [9.17, 15) is 13.2 Å². The zero-order valence-corrected chi connectivity index (χ0v) is 19.8. The molecule has 0 N–H and O–H groups in total. The Labute approximate surface area is 192 Å². The van der Waals surface area contributed by atoms with Crippen LogP contribution in [0.25, 0.3) is 0 Å². The lowest BCUT2D eigenvalue weighted by Crippen LogP contribution is -2.48. The Morgan fingerprint density at radius 2 is 1.84 bits per heavy atom. The van der Waals surface area contributed by atoms with Gasteiger partial charge in [-0.05, 0) is 56.4 Å². The summed E-state index contributed by atoms with van der Waals surface area (Å²) >= 11 is 8.03. The molecule has 2 atom stereocenters. The van der Waals surface area contributed by atoms with E-state index in [0.29, 0.717) is 12.1 Å². The molecule has 9 heteroatoms. The summed E-state index contributed by atoms with van der Waals surface area (Å²) in [5.74, 6) is 0.695. The third kappa shape index (κ3) is 4.64. The second-order valence-electron chi connectivity index (χ2n) is 7.85. The van der Waals surface area contributed by atoms with E-state index >= 15 is 0 Å². The van der Waals surface area contributed by atoms with Crippen molar-refractivity contribution in [1.29, 1.82) is 0 Å². The third-order valence-electron chi connectivity index (χ3n) is 5.37. The van der Waals surface area contributed by atoms with Gasteiger partial charge in [0.2, 0.25) is 10.0 Å². The van der Waals surface area contributed by atoms with Crippen LogP contribution < -0.4 is 4.90 Å². The van der Waals surface area contributed by atoms with Crippen LogP contribution in [0.4, 0.5) is 5.69 Å². The first kappa shape index (κ1) is 22.6. The first-order valence-corrected chi connectivity index (χ1v) is 13.1.